The van der Waals surface area contributed by atoms with Crippen molar-refractivity contribution in [2.45, 2.75) is 50.1 Å². The average Bonchev–Trinajstić information content (AvgIpc) is 2.97. The Balaban J connectivity index is 1.98. The van der Waals surface area contributed by atoms with E-state index in [1.54, 1.807) is 6.07 Å². The summed E-state index contributed by atoms with van der Waals surface area (Å²) in [6.07, 6.45) is 3.47. The second kappa shape index (κ2) is 13.1. The minimum absolute atomic E-state index is 0.0185. The lowest BCUT2D eigenvalue weighted by molar-refractivity contribution is -0.139. The molecule has 1 saturated heterocycles. The van der Waals surface area contributed by atoms with Crippen LogP contribution in [0.1, 0.15) is 38.2 Å². The predicted octanol–water partition coefficient (Wildman–Crippen LogP) is 2.79. The molecule has 2 rings (SSSR count). The van der Waals surface area contributed by atoms with Crippen LogP contribution >= 0.6 is 21.6 Å². The van der Waals surface area contributed by atoms with Gasteiger partial charge in [-0.25, -0.2) is 9.59 Å². The van der Waals surface area contributed by atoms with Crippen LogP contribution in [0.15, 0.2) is 24.3 Å². The molecule has 1 amide bonds. The highest BCUT2D eigenvalue weighted by Gasteiger charge is 2.33. The summed E-state index contributed by atoms with van der Waals surface area (Å²) in [6.45, 7) is 4.17. The summed E-state index contributed by atoms with van der Waals surface area (Å²) < 4.78 is 5.41. The molecule has 184 valence electrons. The molecule has 0 bridgehead atoms. The molecule has 1 aliphatic heterocycles. The smallest absolute Gasteiger partial charge is 0.413 e. The van der Waals surface area contributed by atoms with E-state index in [-0.39, 0.29) is 16.9 Å². The Bertz CT molecular complexity index is 827. The van der Waals surface area contributed by atoms with Gasteiger partial charge in [0.2, 0.25) is 0 Å². The molecule has 1 aromatic carbocycles. The summed E-state index contributed by atoms with van der Waals surface area (Å²) in [5.41, 5.74) is 6.51. The van der Waals surface area contributed by atoms with Gasteiger partial charge in [-0.15, -0.1) is 0 Å². The maximum Gasteiger partial charge on any atom is 0.413 e. The highest BCUT2D eigenvalue weighted by atomic mass is 33.1. The minimum Gasteiger partial charge on any atom is -0.480 e. The monoisotopic (exact) mass is 499 g/mol. The first-order valence-electron chi connectivity index (χ1n) is 10.9. The summed E-state index contributed by atoms with van der Waals surface area (Å²) in [6, 6.07) is 5.25. The van der Waals surface area contributed by atoms with Gasteiger partial charge >= 0.3 is 18.0 Å². The van der Waals surface area contributed by atoms with E-state index in [9.17, 15) is 19.5 Å². The zero-order valence-electron chi connectivity index (χ0n) is 19.0. The van der Waals surface area contributed by atoms with E-state index in [1.807, 2.05) is 12.1 Å². The number of rotatable bonds is 11. The van der Waals surface area contributed by atoms with Gasteiger partial charge in [-0.3, -0.25) is 4.79 Å². The number of nitrogens with zero attached hydrogens (tertiary/aromatic N) is 1. The number of ether oxygens (including phenoxy) is 1. The van der Waals surface area contributed by atoms with Gasteiger partial charge < -0.3 is 30.9 Å². The molecule has 1 fully saturated rings. The number of hydrogen-bond donors (Lipinski definition) is 4. The van der Waals surface area contributed by atoms with Crippen molar-refractivity contribution in [1.29, 1.82) is 0 Å². The number of likely N-dealkylation sites (tertiary alicyclic amines) is 1. The predicted molar refractivity (Wildman–Crippen MR) is 131 cm³/mol. The Morgan fingerprint density at radius 1 is 1.21 bits per heavy atom. The maximum absolute atomic E-state index is 12.4. The minimum atomic E-state index is -1.21. The molecule has 0 saturated carbocycles. The summed E-state index contributed by atoms with van der Waals surface area (Å²) in [5, 5.41) is 20.5. The number of carboxylic acids is 2. The van der Waals surface area contributed by atoms with Crippen molar-refractivity contribution in [2.24, 2.45) is 5.73 Å². The van der Waals surface area contributed by atoms with Gasteiger partial charge in [0.05, 0.1) is 0 Å². The molecule has 0 aliphatic carbocycles. The summed E-state index contributed by atoms with van der Waals surface area (Å²) in [4.78, 5) is 37.0. The Hall–Kier alpha value is -1.95. The molecule has 0 spiro atoms. The van der Waals surface area contributed by atoms with Gasteiger partial charge in [0.1, 0.15) is 17.8 Å². The first-order chi connectivity index (χ1) is 15.7. The molecule has 5 N–H and O–H groups in total. The van der Waals surface area contributed by atoms with Crippen LogP contribution in [0.5, 0.6) is 5.75 Å². The number of hydrogen-bond acceptors (Lipinski definition) is 8. The van der Waals surface area contributed by atoms with Crippen LogP contribution in [0.4, 0.5) is 4.79 Å². The molecule has 3 atom stereocenters. The van der Waals surface area contributed by atoms with Crippen LogP contribution in [0, 0.1) is 0 Å². The van der Waals surface area contributed by atoms with Crippen LogP contribution in [0.2, 0.25) is 0 Å². The fourth-order valence-electron chi connectivity index (χ4n) is 3.90. The summed E-state index contributed by atoms with van der Waals surface area (Å²) >= 11 is 0. The molecule has 1 heterocycles. The standard InChI is InChI=1S/C22H33N3O6S2/c1-3-22(9-4-5-10-25(2)14-22)15-7-6-8-16(11-15)31-21(30)24-18(20(28)29)13-33-32-12-17(23)19(26)27/h6-8,11,17-18H,3-5,9-10,12-14,23H2,1-2H3,(H,24,30)(H,26,27)(H,28,29)/t17-,18?,22?/m0/s1. The van der Waals surface area contributed by atoms with Crippen LogP contribution in [0.3, 0.4) is 0 Å². The third-order valence-corrected chi connectivity index (χ3v) is 8.27. The number of aliphatic carboxylic acids is 2. The van der Waals surface area contributed by atoms with Crippen molar-refractivity contribution in [1.82, 2.24) is 10.2 Å². The molecule has 1 aromatic rings. The number of likely N-dealkylation sites (N-methyl/N-ethyl adjacent to an activating group) is 1. The fraction of sp³-hybridized carbons (Fsp3) is 0.591. The third kappa shape index (κ3) is 8.40. The van der Waals surface area contributed by atoms with Gasteiger partial charge in [-0.2, -0.15) is 0 Å². The Kier molecular flexibility index (Phi) is 10.8. The lowest BCUT2D eigenvalue weighted by atomic mass is 9.74. The second-order valence-electron chi connectivity index (χ2n) is 8.30. The van der Waals surface area contributed by atoms with Gasteiger partial charge in [0, 0.05) is 23.5 Å². The van der Waals surface area contributed by atoms with Crippen LogP contribution < -0.4 is 15.8 Å². The number of carboxylic acid groups (broad SMARTS) is 2. The van der Waals surface area contributed by atoms with E-state index < -0.39 is 30.1 Å². The van der Waals surface area contributed by atoms with E-state index in [0.717, 1.165) is 65.9 Å². The van der Waals surface area contributed by atoms with Gasteiger partial charge in [-0.05, 0) is 50.6 Å². The SMILES string of the molecule is CCC1(c2cccc(OC(=O)NC(CSSC[C@H](N)C(=O)O)C(=O)O)c2)CCCCN(C)C1. The van der Waals surface area contributed by atoms with E-state index >= 15 is 0 Å². The summed E-state index contributed by atoms with van der Waals surface area (Å²) in [5.74, 6) is -1.81. The average molecular weight is 500 g/mol. The molecule has 33 heavy (non-hydrogen) atoms. The largest absolute Gasteiger partial charge is 0.480 e. The van der Waals surface area contributed by atoms with E-state index in [0.29, 0.717) is 5.75 Å². The van der Waals surface area contributed by atoms with Crippen LogP contribution in [-0.2, 0) is 15.0 Å². The number of benzene rings is 1. The number of nitrogens with two attached hydrogens (primary N) is 1. The van der Waals surface area contributed by atoms with Crippen LogP contribution in [-0.4, -0.2) is 76.9 Å². The quantitative estimate of drug-likeness (QED) is 0.265. The molecular formula is C22H33N3O6S2. The van der Waals surface area contributed by atoms with Crippen LogP contribution in [0.25, 0.3) is 0 Å². The fourth-order valence-corrected chi connectivity index (χ4v) is 6.17. The molecule has 0 aromatic heterocycles. The highest BCUT2D eigenvalue weighted by Crippen LogP contribution is 2.37. The molecule has 2 unspecified atom stereocenters. The number of amides is 1. The van der Waals surface area contributed by atoms with Crippen molar-refractivity contribution in [3.8, 4) is 5.75 Å². The maximum atomic E-state index is 12.4. The van der Waals surface area contributed by atoms with Crippen molar-refractivity contribution in [2.75, 3.05) is 31.6 Å². The highest BCUT2D eigenvalue weighted by molar-refractivity contribution is 8.76. The molecule has 0 radical (unpaired) electrons. The number of carbonyl (C=O) groups is 3. The van der Waals surface area contributed by atoms with Crippen molar-refractivity contribution in [3.05, 3.63) is 29.8 Å². The first kappa shape index (κ1) is 27.3. The Morgan fingerprint density at radius 3 is 2.61 bits per heavy atom. The van der Waals surface area contributed by atoms with E-state index in [1.165, 1.54) is 0 Å². The van der Waals surface area contributed by atoms with Crippen molar-refractivity contribution in [3.63, 3.8) is 0 Å². The molecule has 9 nitrogen and oxygen atoms in total. The van der Waals surface area contributed by atoms with E-state index in [4.69, 9.17) is 15.6 Å². The normalized spacial score (nSPS) is 20.9. The summed E-state index contributed by atoms with van der Waals surface area (Å²) in [7, 11) is 4.39. The first-order valence-corrected chi connectivity index (χ1v) is 13.4. The van der Waals surface area contributed by atoms with Crippen molar-refractivity contribution < 1.29 is 29.3 Å². The molecule has 1 aliphatic rings. The van der Waals surface area contributed by atoms with E-state index in [2.05, 4.69) is 30.3 Å². The van der Waals surface area contributed by atoms with Gasteiger partial charge in [0.25, 0.3) is 0 Å². The molecule has 11 heteroatoms. The Morgan fingerprint density at radius 2 is 1.94 bits per heavy atom. The third-order valence-electron chi connectivity index (χ3n) is 5.82. The number of carbonyl (C=O) groups excluding carboxylic acids is 1. The van der Waals surface area contributed by atoms with Gasteiger partial charge in [0.15, 0.2) is 0 Å². The lowest BCUT2D eigenvalue weighted by Crippen LogP contribution is -2.44. The lowest BCUT2D eigenvalue weighted by Gasteiger charge is -2.35. The molecular weight excluding hydrogens is 466 g/mol. The van der Waals surface area contributed by atoms with Gasteiger partial charge in [-0.1, -0.05) is 47.1 Å². The topological polar surface area (TPSA) is 142 Å². The Labute approximate surface area is 202 Å². The number of nitrogens with one attached hydrogen (secondary N) is 1. The zero-order chi connectivity index (χ0) is 24.4. The van der Waals surface area contributed by atoms with Crippen molar-refractivity contribution >= 4 is 39.6 Å². The second-order valence-corrected chi connectivity index (χ2v) is 10.8. The zero-order valence-corrected chi connectivity index (χ0v) is 20.6.